The summed E-state index contributed by atoms with van der Waals surface area (Å²) in [4.78, 5) is 15.8. The highest BCUT2D eigenvalue weighted by atomic mass is 16.2. The topological polar surface area (TPSA) is 71.8 Å². The number of hydrogen-bond donors (Lipinski definition) is 2. The van der Waals surface area contributed by atoms with Gasteiger partial charge in [0.25, 0.3) is 0 Å². The number of pyridine rings is 1. The molecular formula is C13H17N5O. The summed E-state index contributed by atoms with van der Waals surface area (Å²) in [6.45, 7) is 3.26. The summed E-state index contributed by atoms with van der Waals surface area (Å²) in [5.74, 6) is 0.560. The van der Waals surface area contributed by atoms with Crippen molar-refractivity contribution in [3.8, 4) is 0 Å². The zero-order chi connectivity index (χ0) is 13.5. The van der Waals surface area contributed by atoms with Crippen molar-refractivity contribution in [2.45, 2.75) is 19.9 Å². The van der Waals surface area contributed by atoms with Crippen LogP contribution in [0.25, 0.3) is 0 Å². The number of nitrogens with zero attached hydrogens (tertiary/aromatic N) is 3. The minimum Gasteiger partial charge on any atom is -0.338 e. The molecule has 2 amide bonds. The average molecular weight is 259 g/mol. The van der Waals surface area contributed by atoms with Crippen LogP contribution in [0, 0.1) is 6.92 Å². The molecule has 0 saturated carbocycles. The van der Waals surface area contributed by atoms with Gasteiger partial charge in [-0.3, -0.25) is 10.00 Å². The van der Waals surface area contributed by atoms with Crippen LogP contribution < -0.4 is 10.6 Å². The van der Waals surface area contributed by atoms with Gasteiger partial charge in [0.15, 0.2) is 0 Å². The van der Waals surface area contributed by atoms with Crippen molar-refractivity contribution in [2.75, 3.05) is 11.9 Å². The van der Waals surface area contributed by atoms with Crippen LogP contribution in [0.4, 0.5) is 10.6 Å². The molecule has 0 bridgehead atoms. The number of hydrogen-bond acceptors (Lipinski definition) is 3. The van der Waals surface area contributed by atoms with Crippen LogP contribution in [-0.4, -0.2) is 27.3 Å². The SMILES string of the molecule is Cc1cccc(NC(=O)NCCCn2cccn2)n1. The largest absolute Gasteiger partial charge is 0.338 e. The summed E-state index contributed by atoms with van der Waals surface area (Å²) in [5.41, 5.74) is 0.872. The summed E-state index contributed by atoms with van der Waals surface area (Å²) < 4.78 is 1.84. The predicted molar refractivity (Wildman–Crippen MR) is 72.8 cm³/mol. The van der Waals surface area contributed by atoms with E-state index in [9.17, 15) is 4.79 Å². The molecule has 0 unspecified atom stereocenters. The zero-order valence-corrected chi connectivity index (χ0v) is 10.8. The Kier molecular flexibility index (Phi) is 4.49. The minimum atomic E-state index is -0.237. The summed E-state index contributed by atoms with van der Waals surface area (Å²) >= 11 is 0. The van der Waals surface area contributed by atoms with E-state index in [2.05, 4.69) is 20.7 Å². The molecular weight excluding hydrogens is 242 g/mol. The fourth-order valence-electron chi connectivity index (χ4n) is 1.65. The van der Waals surface area contributed by atoms with Gasteiger partial charge >= 0.3 is 6.03 Å². The smallest absolute Gasteiger partial charge is 0.320 e. The third kappa shape index (κ3) is 4.42. The maximum Gasteiger partial charge on any atom is 0.320 e. The second kappa shape index (κ2) is 6.53. The summed E-state index contributed by atoms with van der Waals surface area (Å²) in [5, 5.41) is 9.56. The van der Waals surface area contributed by atoms with Crippen molar-refractivity contribution in [3.05, 3.63) is 42.4 Å². The first-order valence-corrected chi connectivity index (χ1v) is 6.20. The third-order valence-corrected chi connectivity index (χ3v) is 2.54. The highest BCUT2D eigenvalue weighted by Crippen LogP contribution is 2.03. The summed E-state index contributed by atoms with van der Waals surface area (Å²) in [7, 11) is 0. The molecule has 0 spiro atoms. The Morgan fingerprint density at radius 1 is 1.37 bits per heavy atom. The molecule has 6 nitrogen and oxygen atoms in total. The van der Waals surface area contributed by atoms with E-state index >= 15 is 0 Å². The summed E-state index contributed by atoms with van der Waals surface area (Å²) in [6.07, 6.45) is 4.47. The number of urea groups is 1. The third-order valence-electron chi connectivity index (χ3n) is 2.54. The number of amides is 2. The van der Waals surface area contributed by atoms with Crippen LogP contribution in [-0.2, 0) is 6.54 Å². The Balaban J connectivity index is 1.67. The number of anilines is 1. The fourth-order valence-corrected chi connectivity index (χ4v) is 1.65. The standard InChI is InChI=1S/C13H17N5O/c1-11-5-2-6-12(16-11)17-13(19)14-7-3-9-18-10-4-8-15-18/h2,4-6,8,10H,3,7,9H2,1H3,(H2,14,16,17,19). The van der Waals surface area contributed by atoms with Gasteiger partial charge < -0.3 is 5.32 Å². The van der Waals surface area contributed by atoms with Gasteiger partial charge in [0, 0.05) is 31.2 Å². The number of nitrogens with one attached hydrogen (secondary N) is 2. The Hall–Kier alpha value is -2.37. The van der Waals surface area contributed by atoms with Gasteiger partial charge in [0.1, 0.15) is 5.82 Å². The van der Waals surface area contributed by atoms with Crippen LogP contribution in [0.1, 0.15) is 12.1 Å². The molecule has 2 rings (SSSR count). The van der Waals surface area contributed by atoms with Gasteiger partial charge in [0.05, 0.1) is 0 Å². The molecule has 0 radical (unpaired) electrons. The van der Waals surface area contributed by atoms with E-state index in [1.807, 2.05) is 36.0 Å². The monoisotopic (exact) mass is 259 g/mol. The van der Waals surface area contributed by atoms with E-state index in [-0.39, 0.29) is 6.03 Å². The molecule has 2 aromatic rings. The first kappa shape index (κ1) is 13.1. The lowest BCUT2D eigenvalue weighted by atomic mass is 10.4. The number of aryl methyl sites for hydroxylation is 2. The molecule has 0 fully saturated rings. The van der Waals surface area contributed by atoms with Gasteiger partial charge in [-0.1, -0.05) is 6.07 Å². The molecule has 2 N–H and O–H groups in total. The second-order valence-corrected chi connectivity index (χ2v) is 4.17. The highest BCUT2D eigenvalue weighted by molar-refractivity contribution is 5.88. The van der Waals surface area contributed by atoms with Crippen LogP contribution >= 0.6 is 0 Å². The summed E-state index contributed by atoms with van der Waals surface area (Å²) in [6, 6.07) is 7.14. The molecule has 0 aliphatic carbocycles. The van der Waals surface area contributed by atoms with Crippen LogP contribution in [0.3, 0.4) is 0 Å². The van der Waals surface area contributed by atoms with Crippen molar-refractivity contribution < 1.29 is 4.79 Å². The fraction of sp³-hybridized carbons (Fsp3) is 0.308. The van der Waals surface area contributed by atoms with Gasteiger partial charge in [-0.05, 0) is 31.5 Å². The lowest BCUT2D eigenvalue weighted by Gasteiger charge is -2.07. The second-order valence-electron chi connectivity index (χ2n) is 4.17. The first-order chi connectivity index (χ1) is 9.24. The van der Waals surface area contributed by atoms with E-state index < -0.39 is 0 Å². The van der Waals surface area contributed by atoms with Crippen molar-refractivity contribution >= 4 is 11.8 Å². The zero-order valence-electron chi connectivity index (χ0n) is 10.8. The van der Waals surface area contributed by atoms with E-state index in [4.69, 9.17) is 0 Å². The van der Waals surface area contributed by atoms with Crippen LogP contribution in [0.15, 0.2) is 36.7 Å². The molecule has 0 aliphatic heterocycles. The Morgan fingerprint density at radius 2 is 2.26 bits per heavy atom. The highest BCUT2D eigenvalue weighted by Gasteiger charge is 2.01. The molecule has 0 atom stereocenters. The van der Waals surface area contributed by atoms with Crippen molar-refractivity contribution in [2.24, 2.45) is 0 Å². The molecule has 0 aliphatic rings. The molecule has 100 valence electrons. The molecule has 0 aromatic carbocycles. The van der Waals surface area contributed by atoms with E-state index in [1.165, 1.54) is 0 Å². The normalized spacial score (nSPS) is 10.2. The average Bonchev–Trinajstić information content (AvgIpc) is 2.88. The van der Waals surface area contributed by atoms with E-state index in [0.717, 1.165) is 18.7 Å². The quantitative estimate of drug-likeness (QED) is 0.804. The number of carbonyl (C=O) groups excluding carboxylic acids is 1. The predicted octanol–water partition coefficient (Wildman–Crippen LogP) is 1.80. The first-order valence-electron chi connectivity index (χ1n) is 6.20. The number of aromatic nitrogens is 3. The Bertz CT molecular complexity index is 524. The van der Waals surface area contributed by atoms with E-state index in [1.54, 1.807) is 12.3 Å². The van der Waals surface area contributed by atoms with Crippen molar-refractivity contribution in [1.82, 2.24) is 20.1 Å². The lowest BCUT2D eigenvalue weighted by molar-refractivity contribution is 0.251. The number of carbonyl (C=O) groups is 1. The lowest BCUT2D eigenvalue weighted by Crippen LogP contribution is -2.30. The van der Waals surface area contributed by atoms with Gasteiger partial charge in [-0.2, -0.15) is 5.10 Å². The Morgan fingerprint density at radius 3 is 3.00 bits per heavy atom. The van der Waals surface area contributed by atoms with E-state index in [0.29, 0.717) is 12.4 Å². The number of rotatable bonds is 5. The van der Waals surface area contributed by atoms with Gasteiger partial charge in [-0.25, -0.2) is 9.78 Å². The molecule has 6 heteroatoms. The molecule has 0 saturated heterocycles. The van der Waals surface area contributed by atoms with Gasteiger partial charge in [-0.15, -0.1) is 0 Å². The molecule has 2 heterocycles. The van der Waals surface area contributed by atoms with Crippen LogP contribution in [0.5, 0.6) is 0 Å². The van der Waals surface area contributed by atoms with Crippen molar-refractivity contribution in [3.63, 3.8) is 0 Å². The Labute approximate surface area is 111 Å². The molecule has 19 heavy (non-hydrogen) atoms. The maximum absolute atomic E-state index is 11.6. The minimum absolute atomic E-state index is 0.237. The van der Waals surface area contributed by atoms with Crippen molar-refractivity contribution in [1.29, 1.82) is 0 Å². The van der Waals surface area contributed by atoms with Crippen LogP contribution in [0.2, 0.25) is 0 Å². The van der Waals surface area contributed by atoms with Gasteiger partial charge in [0.2, 0.25) is 0 Å². The molecule has 2 aromatic heterocycles. The maximum atomic E-state index is 11.6.